The Hall–Kier alpha value is -0.643. The van der Waals surface area contributed by atoms with Gasteiger partial charge in [-0.2, -0.15) is 0 Å². The molecule has 0 radical (unpaired) electrons. The van der Waals surface area contributed by atoms with Crippen LogP contribution in [0.4, 0.5) is 0 Å². The molecule has 0 fully saturated rings. The van der Waals surface area contributed by atoms with E-state index in [2.05, 4.69) is 19.1 Å². The topological polar surface area (TPSA) is 18.5 Å². The molecule has 0 heterocycles. The SMILES string of the molecule is CCC[SiH2]OCCCOCc1ccccc1. The zero-order valence-corrected chi connectivity index (χ0v) is 11.6. The molecule has 1 aromatic rings. The summed E-state index contributed by atoms with van der Waals surface area (Å²) in [5.41, 5.74) is 1.24. The molecule has 0 saturated heterocycles. The summed E-state index contributed by atoms with van der Waals surface area (Å²) in [6.07, 6.45) is 2.28. The Morgan fingerprint density at radius 1 is 1.12 bits per heavy atom. The fraction of sp³-hybridized carbons (Fsp3) is 0.538. The van der Waals surface area contributed by atoms with Crippen LogP contribution in [0, 0.1) is 0 Å². The number of benzene rings is 1. The highest BCUT2D eigenvalue weighted by molar-refractivity contribution is 6.26. The van der Waals surface area contributed by atoms with E-state index in [1.165, 1.54) is 18.0 Å². The van der Waals surface area contributed by atoms with E-state index in [9.17, 15) is 0 Å². The van der Waals surface area contributed by atoms with Gasteiger partial charge in [-0.25, -0.2) is 0 Å². The van der Waals surface area contributed by atoms with Crippen LogP contribution in [-0.4, -0.2) is 23.0 Å². The van der Waals surface area contributed by atoms with Gasteiger partial charge in [-0.05, 0) is 18.0 Å². The maximum atomic E-state index is 5.59. The second-order valence-electron chi connectivity index (χ2n) is 3.86. The van der Waals surface area contributed by atoms with E-state index in [4.69, 9.17) is 9.16 Å². The third-order valence-electron chi connectivity index (χ3n) is 2.33. The Morgan fingerprint density at radius 3 is 2.69 bits per heavy atom. The van der Waals surface area contributed by atoms with Crippen molar-refractivity contribution in [3.05, 3.63) is 35.9 Å². The van der Waals surface area contributed by atoms with Gasteiger partial charge in [0.15, 0.2) is 9.76 Å². The first kappa shape index (κ1) is 13.4. The molecule has 0 atom stereocenters. The third kappa shape index (κ3) is 6.77. The number of hydrogen-bond acceptors (Lipinski definition) is 2. The van der Waals surface area contributed by atoms with E-state index in [0.717, 1.165) is 19.6 Å². The molecule has 90 valence electrons. The molecular formula is C13H22O2Si. The molecule has 0 aliphatic carbocycles. The van der Waals surface area contributed by atoms with Gasteiger partial charge < -0.3 is 9.16 Å². The molecule has 0 aliphatic rings. The van der Waals surface area contributed by atoms with Gasteiger partial charge >= 0.3 is 0 Å². The van der Waals surface area contributed by atoms with Crippen molar-refractivity contribution in [2.24, 2.45) is 0 Å². The van der Waals surface area contributed by atoms with Gasteiger partial charge in [-0.15, -0.1) is 0 Å². The molecule has 1 aromatic carbocycles. The summed E-state index contributed by atoms with van der Waals surface area (Å²) in [4.78, 5) is 0. The Bertz CT molecular complexity index is 251. The van der Waals surface area contributed by atoms with E-state index in [1.807, 2.05) is 18.2 Å². The largest absolute Gasteiger partial charge is 0.424 e. The Balaban J connectivity index is 1.89. The summed E-state index contributed by atoms with van der Waals surface area (Å²) >= 11 is 0. The standard InChI is InChI=1S/C13H22O2Si/c1-2-11-16-15-10-6-9-14-12-13-7-4-3-5-8-13/h3-5,7-8H,2,6,9-12,16H2,1H3. The van der Waals surface area contributed by atoms with E-state index in [-0.39, 0.29) is 9.76 Å². The van der Waals surface area contributed by atoms with Crippen molar-refractivity contribution >= 4 is 9.76 Å². The lowest BCUT2D eigenvalue weighted by Gasteiger charge is -2.05. The maximum absolute atomic E-state index is 5.59. The predicted octanol–water partition coefficient (Wildman–Crippen LogP) is 2.52. The third-order valence-corrected chi connectivity index (χ3v) is 3.90. The fourth-order valence-corrected chi connectivity index (χ4v) is 2.28. The molecule has 0 spiro atoms. The fourth-order valence-electron chi connectivity index (χ4n) is 1.38. The van der Waals surface area contributed by atoms with Crippen LogP contribution < -0.4 is 0 Å². The minimum atomic E-state index is -0.229. The van der Waals surface area contributed by atoms with E-state index in [0.29, 0.717) is 6.61 Å². The predicted molar refractivity (Wildman–Crippen MR) is 70.3 cm³/mol. The summed E-state index contributed by atoms with van der Waals surface area (Å²) < 4.78 is 11.1. The van der Waals surface area contributed by atoms with Gasteiger partial charge in [0.05, 0.1) is 6.61 Å². The Morgan fingerprint density at radius 2 is 1.94 bits per heavy atom. The monoisotopic (exact) mass is 238 g/mol. The lowest BCUT2D eigenvalue weighted by Crippen LogP contribution is -2.04. The molecule has 0 aliphatic heterocycles. The first-order chi connectivity index (χ1) is 7.93. The first-order valence-corrected chi connectivity index (χ1v) is 7.70. The number of ether oxygens (including phenoxy) is 1. The van der Waals surface area contributed by atoms with Crippen molar-refractivity contribution in [2.45, 2.75) is 32.4 Å². The van der Waals surface area contributed by atoms with Gasteiger partial charge in [0.25, 0.3) is 0 Å². The van der Waals surface area contributed by atoms with Gasteiger partial charge in [0, 0.05) is 13.2 Å². The highest BCUT2D eigenvalue weighted by Gasteiger charge is 1.92. The average molecular weight is 238 g/mol. The van der Waals surface area contributed by atoms with Crippen LogP contribution >= 0.6 is 0 Å². The van der Waals surface area contributed by atoms with Crippen LogP contribution in [0.15, 0.2) is 30.3 Å². The van der Waals surface area contributed by atoms with Crippen molar-refractivity contribution < 1.29 is 9.16 Å². The average Bonchev–Trinajstić information content (AvgIpc) is 2.34. The minimum Gasteiger partial charge on any atom is -0.424 e. The summed E-state index contributed by atoms with van der Waals surface area (Å²) in [5, 5.41) is 0. The van der Waals surface area contributed by atoms with Crippen LogP contribution in [0.5, 0.6) is 0 Å². The van der Waals surface area contributed by atoms with Gasteiger partial charge in [-0.3, -0.25) is 0 Å². The molecule has 3 heteroatoms. The molecule has 2 nitrogen and oxygen atoms in total. The van der Waals surface area contributed by atoms with Crippen LogP contribution in [0.1, 0.15) is 25.3 Å². The number of rotatable bonds is 9. The second-order valence-corrected chi connectivity index (χ2v) is 5.38. The molecule has 0 bridgehead atoms. The molecule has 0 unspecified atom stereocenters. The highest BCUT2D eigenvalue weighted by Crippen LogP contribution is 2.00. The van der Waals surface area contributed by atoms with Crippen LogP contribution in [0.3, 0.4) is 0 Å². The second kappa shape index (κ2) is 9.57. The Kier molecular flexibility index (Phi) is 8.03. The maximum Gasteiger partial charge on any atom is 0.161 e. The Labute approximate surface area is 101 Å². The molecular weight excluding hydrogens is 216 g/mol. The van der Waals surface area contributed by atoms with E-state index >= 15 is 0 Å². The number of hydrogen-bond donors (Lipinski definition) is 0. The van der Waals surface area contributed by atoms with Gasteiger partial charge in [-0.1, -0.05) is 43.7 Å². The zero-order chi connectivity index (χ0) is 11.5. The summed E-state index contributed by atoms with van der Waals surface area (Å²) in [6, 6.07) is 11.6. The molecule has 0 aromatic heterocycles. The molecule has 0 saturated carbocycles. The van der Waals surface area contributed by atoms with Gasteiger partial charge in [0.1, 0.15) is 0 Å². The quantitative estimate of drug-likeness (QED) is 0.486. The van der Waals surface area contributed by atoms with E-state index < -0.39 is 0 Å². The van der Waals surface area contributed by atoms with Crippen molar-refractivity contribution in [2.75, 3.05) is 13.2 Å². The summed E-state index contributed by atoms with van der Waals surface area (Å²) in [6.45, 7) is 4.60. The minimum absolute atomic E-state index is 0.229. The van der Waals surface area contributed by atoms with Crippen molar-refractivity contribution in [1.29, 1.82) is 0 Å². The lowest BCUT2D eigenvalue weighted by atomic mass is 10.2. The smallest absolute Gasteiger partial charge is 0.161 e. The lowest BCUT2D eigenvalue weighted by molar-refractivity contribution is 0.108. The van der Waals surface area contributed by atoms with Crippen LogP contribution in [0.2, 0.25) is 6.04 Å². The highest BCUT2D eigenvalue weighted by atomic mass is 28.2. The van der Waals surface area contributed by atoms with Crippen molar-refractivity contribution in [3.8, 4) is 0 Å². The van der Waals surface area contributed by atoms with Crippen LogP contribution in [0.25, 0.3) is 0 Å². The van der Waals surface area contributed by atoms with Gasteiger partial charge in [0.2, 0.25) is 0 Å². The molecule has 0 N–H and O–H groups in total. The molecule has 1 rings (SSSR count). The van der Waals surface area contributed by atoms with E-state index in [1.54, 1.807) is 0 Å². The molecule has 0 amide bonds. The summed E-state index contributed by atoms with van der Waals surface area (Å²) in [5.74, 6) is 0. The first-order valence-electron chi connectivity index (χ1n) is 6.13. The van der Waals surface area contributed by atoms with Crippen molar-refractivity contribution in [1.82, 2.24) is 0 Å². The van der Waals surface area contributed by atoms with Crippen LogP contribution in [-0.2, 0) is 15.8 Å². The van der Waals surface area contributed by atoms with Crippen molar-refractivity contribution in [3.63, 3.8) is 0 Å². The normalized spacial score (nSPS) is 11.3. The summed E-state index contributed by atoms with van der Waals surface area (Å²) in [7, 11) is -0.229. The zero-order valence-electron chi connectivity index (χ0n) is 10.2. The molecule has 16 heavy (non-hydrogen) atoms.